The number of hydrogen-bond acceptors (Lipinski definition) is 4. The first-order chi connectivity index (χ1) is 15.3. The molecular weight excluding hydrogens is 409 g/mol. The molecule has 4 atom stereocenters. The minimum absolute atomic E-state index is 0.118. The molecule has 3 aliphatic carbocycles. The summed E-state index contributed by atoms with van der Waals surface area (Å²) in [6, 6.07) is 5.71. The highest BCUT2D eigenvalue weighted by Gasteiger charge is 2.47. The normalized spacial score (nSPS) is 27.7. The van der Waals surface area contributed by atoms with Crippen molar-refractivity contribution in [2.45, 2.75) is 58.6 Å². The summed E-state index contributed by atoms with van der Waals surface area (Å²) >= 11 is 0. The number of hydrogen-bond donors (Lipinski definition) is 2. The number of ketones is 2. The Kier molecular flexibility index (Phi) is 6.42. The van der Waals surface area contributed by atoms with Gasteiger partial charge in [0.05, 0.1) is 5.57 Å². The second-order valence-corrected chi connectivity index (χ2v) is 9.73. The van der Waals surface area contributed by atoms with Gasteiger partial charge >= 0.3 is 0 Å². The van der Waals surface area contributed by atoms with Crippen molar-refractivity contribution in [1.29, 1.82) is 0 Å². The summed E-state index contributed by atoms with van der Waals surface area (Å²) in [5, 5.41) is 13.4. The first-order valence-electron chi connectivity index (χ1n) is 11.5. The van der Waals surface area contributed by atoms with E-state index in [2.05, 4.69) is 19.2 Å². The molecule has 4 rings (SSSR count). The van der Waals surface area contributed by atoms with Crippen LogP contribution in [0.5, 0.6) is 0 Å². The van der Waals surface area contributed by atoms with Gasteiger partial charge in [-0.25, -0.2) is 4.39 Å². The fourth-order valence-corrected chi connectivity index (χ4v) is 5.64. The summed E-state index contributed by atoms with van der Waals surface area (Å²) in [5.41, 5.74) is 1.39. The summed E-state index contributed by atoms with van der Waals surface area (Å²) in [7, 11) is 0. The van der Waals surface area contributed by atoms with Crippen LogP contribution in [0.3, 0.4) is 0 Å². The number of carbonyl (C=O) groups excluding carboxylic acids is 3. The molecule has 5 nitrogen and oxygen atoms in total. The van der Waals surface area contributed by atoms with E-state index in [-0.39, 0.29) is 41.1 Å². The van der Waals surface area contributed by atoms with Gasteiger partial charge in [-0.2, -0.15) is 0 Å². The predicted octanol–water partition coefficient (Wildman–Crippen LogP) is 3.66. The number of aliphatic hydroxyl groups excluding tert-OH is 1. The van der Waals surface area contributed by atoms with Crippen molar-refractivity contribution in [1.82, 2.24) is 5.32 Å². The van der Waals surface area contributed by atoms with Crippen LogP contribution < -0.4 is 5.32 Å². The van der Waals surface area contributed by atoms with E-state index in [1.807, 2.05) is 0 Å². The molecular formula is C26H30FNO4. The number of amides is 1. The van der Waals surface area contributed by atoms with Crippen LogP contribution in [0.4, 0.5) is 4.39 Å². The minimum Gasteiger partial charge on any atom is -0.380 e. The van der Waals surface area contributed by atoms with Gasteiger partial charge in [-0.3, -0.25) is 14.4 Å². The highest BCUT2D eigenvalue weighted by Crippen LogP contribution is 2.48. The summed E-state index contributed by atoms with van der Waals surface area (Å²) in [6.07, 6.45) is 4.47. The van der Waals surface area contributed by atoms with E-state index in [1.54, 1.807) is 12.1 Å². The Bertz CT molecular complexity index is 992. The van der Waals surface area contributed by atoms with E-state index in [9.17, 15) is 23.9 Å². The highest BCUT2D eigenvalue weighted by molar-refractivity contribution is 6.25. The van der Waals surface area contributed by atoms with E-state index in [1.165, 1.54) is 18.2 Å². The molecule has 0 bridgehead atoms. The predicted molar refractivity (Wildman–Crippen MR) is 118 cm³/mol. The zero-order chi connectivity index (χ0) is 23.0. The highest BCUT2D eigenvalue weighted by atomic mass is 19.1. The molecule has 4 unspecified atom stereocenters. The van der Waals surface area contributed by atoms with Crippen molar-refractivity contribution >= 4 is 17.5 Å². The maximum atomic E-state index is 13.3. The van der Waals surface area contributed by atoms with Crippen molar-refractivity contribution in [2.75, 3.05) is 0 Å². The van der Waals surface area contributed by atoms with E-state index < -0.39 is 17.8 Å². The topological polar surface area (TPSA) is 83.5 Å². The monoisotopic (exact) mass is 439 g/mol. The number of allylic oxidation sites excluding steroid dienone is 2. The van der Waals surface area contributed by atoms with Gasteiger partial charge in [0, 0.05) is 18.0 Å². The van der Waals surface area contributed by atoms with Crippen LogP contribution in [0.25, 0.3) is 0 Å². The van der Waals surface area contributed by atoms with Crippen molar-refractivity contribution in [3.05, 3.63) is 58.4 Å². The van der Waals surface area contributed by atoms with Gasteiger partial charge in [-0.1, -0.05) is 38.8 Å². The molecule has 2 N–H and O–H groups in total. The quantitative estimate of drug-likeness (QED) is 0.686. The molecule has 0 aliphatic heterocycles. The molecule has 0 saturated heterocycles. The summed E-state index contributed by atoms with van der Waals surface area (Å²) in [6.45, 7) is 4.50. The summed E-state index contributed by atoms with van der Waals surface area (Å²) in [4.78, 5) is 38.8. The molecule has 1 aromatic rings. The van der Waals surface area contributed by atoms with Crippen LogP contribution in [-0.4, -0.2) is 28.7 Å². The van der Waals surface area contributed by atoms with Crippen LogP contribution in [0.1, 0.15) is 51.5 Å². The number of benzene rings is 1. The molecule has 1 aromatic carbocycles. The first kappa shape index (κ1) is 22.6. The first-order valence-corrected chi connectivity index (χ1v) is 11.5. The number of nitrogens with one attached hydrogen (secondary N) is 1. The molecule has 32 heavy (non-hydrogen) atoms. The number of aliphatic hydroxyl groups is 1. The average Bonchev–Trinajstić information content (AvgIpc) is 2.76. The second-order valence-electron chi connectivity index (χ2n) is 9.73. The maximum Gasteiger partial charge on any atom is 0.255 e. The number of rotatable bonds is 5. The van der Waals surface area contributed by atoms with Crippen LogP contribution in [0, 0.1) is 29.5 Å². The third-order valence-corrected chi connectivity index (χ3v) is 7.11. The Morgan fingerprint density at radius 3 is 2.56 bits per heavy atom. The largest absolute Gasteiger partial charge is 0.380 e. The van der Waals surface area contributed by atoms with E-state index in [0.29, 0.717) is 29.4 Å². The molecule has 170 valence electrons. The molecule has 1 saturated carbocycles. The summed E-state index contributed by atoms with van der Waals surface area (Å²) < 4.78 is 13.1. The fourth-order valence-electron chi connectivity index (χ4n) is 5.64. The van der Waals surface area contributed by atoms with Gasteiger partial charge in [0.15, 0.2) is 5.78 Å². The van der Waals surface area contributed by atoms with Crippen LogP contribution in [-0.2, 0) is 20.9 Å². The standard InChI is InChI=1S/C26H30FNO4/c1-14(2)10-16-4-3-5-19-20(16)11-17-12-21(24(30)25(31)22(17)23(19)29)26(32)28-13-15-6-8-18(27)9-7-15/h6-9,12,14,16,19-20,25,31H,3-5,10-11,13H2,1-2H3,(H,28,32). The molecule has 3 aliphatic rings. The lowest BCUT2D eigenvalue weighted by atomic mass is 9.60. The number of carbonyl (C=O) groups is 3. The lowest BCUT2D eigenvalue weighted by Crippen LogP contribution is -2.45. The number of fused-ring (bicyclic) bond motifs is 1. The Hall–Kier alpha value is -2.60. The smallest absolute Gasteiger partial charge is 0.255 e. The molecule has 6 heteroatoms. The molecule has 0 heterocycles. The lowest BCUT2D eigenvalue weighted by molar-refractivity contribution is -0.131. The zero-order valence-corrected chi connectivity index (χ0v) is 18.6. The molecule has 0 spiro atoms. The van der Waals surface area contributed by atoms with Gasteiger partial charge < -0.3 is 10.4 Å². The van der Waals surface area contributed by atoms with Gasteiger partial charge in [-0.15, -0.1) is 0 Å². The van der Waals surface area contributed by atoms with E-state index >= 15 is 0 Å². The van der Waals surface area contributed by atoms with Crippen molar-refractivity contribution in [3.63, 3.8) is 0 Å². The number of halogens is 1. The lowest BCUT2D eigenvalue weighted by Gasteiger charge is -2.43. The van der Waals surface area contributed by atoms with Crippen molar-refractivity contribution in [2.24, 2.45) is 23.7 Å². The second kappa shape index (κ2) is 9.10. The Morgan fingerprint density at radius 1 is 1.16 bits per heavy atom. The average molecular weight is 440 g/mol. The molecule has 1 amide bonds. The number of Topliss-reactive ketones (excluding diaryl/α,β-unsaturated/α-hetero) is 2. The van der Waals surface area contributed by atoms with Gasteiger partial charge in [0.2, 0.25) is 5.78 Å². The zero-order valence-electron chi connectivity index (χ0n) is 18.6. The van der Waals surface area contributed by atoms with Crippen molar-refractivity contribution < 1.29 is 23.9 Å². The van der Waals surface area contributed by atoms with Crippen LogP contribution in [0.2, 0.25) is 0 Å². The third kappa shape index (κ3) is 4.33. The SMILES string of the molecule is CC(C)CC1CCCC2C(=O)C3=C(C=C(C(=O)NCc4ccc(F)cc4)C(=O)C3O)CC12. The van der Waals surface area contributed by atoms with Gasteiger partial charge in [0.1, 0.15) is 11.9 Å². The minimum atomic E-state index is -1.58. The fraction of sp³-hybridized carbons (Fsp3) is 0.500. The van der Waals surface area contributed by atoms with Crippen LogP contribution >= 0.6 is 0 Å². The van der Waals surface area contributed by atoms with E-state index in [4.69, 9.17) is 0 Å². The molecule has 0 radical (unpaired) electrons. The third-order valence-electron chi connectivity index (χ3n) is 7.11. The molecule has 1 fully saturated rings. The molecule has 0 aromatic heterocycles. The Balaban J connectivity index is 1.57. The Labute approximate surface area is 187 Å². The summed E-state index contributed by atoms with van der Waals surface area (Å²) in [5.74, 6) is -0.798. The van der Waals surface area contributed by atoms with Crippen LogP contribution in [0.15, 0.2) is 47.1 Å². The maximum absolute atomic E-state index is 13.3. The Morgan fingerprint density at radius 2 is 1.88 bits per heavy atom. The van der Waals surface area contributed by atoms with Gasteiger partial charge in [-0.05, 0) is 66.4 Å². The van der Waals surface area contributed by atoms with Crippen molar-refractivity contribution in [3.8, 4) is 0 Å². The van der Waals surface area contributed by atoms with E-state index in [0.717, 1.165) is 25.7 Å². The van der Waals surface area contributed by atoms with Gasteiger partial charge in [0.25, 0.3) is 5.91 Å².